The summed E-state index contributed by atoms with van der Waals surface area (Å²) in [6, 6.07) is 0. The summed E-state index contributed by atoms with van der Waals surface area (Å²) in [5.41, 5.74) is 5.62. The van der Waals surface area contributed by atoms with Gasteiger partial charge in [0.2, 0.25) is 0 Å². The molecule has 3 N–H and O–H groups in total. The molecule has 1 radical (unpaired) electrons. The Morgan fingerprint density at radius 2 is 2.09 bits per heavy atom. The molecule has 0 aromatic carbocycles. The summed E-state index contributed by atoms with van der Waals surface area (Å²) in [4.78, 5) is 0. The Labute approximate surface area is 68.3 Å². The molecule has 0 aromatic rings. The van der Waals surface area contributed by atoms with Gasteiger partial charge in [0.25, 0.3) is 0 Å². The van der Waals surface area contributed by atoms with Crippen molar-refractivity contribution in [3.8, 4) is 0 Å². The molecule has 2 aliphatic heterocycles. The molecule has 2 rings (SSSR count). The van der Waals surface area contributed by atoms with Crippen molar-refractivity contribution in [2.45, 2.75) is 18.9 Å². The molecule has 1 atom stereocenters. The zero-order chi connectivity index (χ0) is 8.16. The molecule has 2 aliphatic rings. The fraction of sp³-hybridized carbons (Fsp3) is 0.875. The van der Waals surface area contributed by atoms with Gasteiger partial charge in [0, 0.05) is 12.1 Å². The van der Waals surface area contributed by atoms with Gasteiger partial charge in [0.1, 0.15) is 0 Å². The van der Waals surface area contributed by atoms with Crippen molar-refractivity contribution in [1.29, 1.82) is 0 Å². The average Bonchev–Trinajstić information content (AvgIpc) is 2.08. The number of nitrogens with one attached hydrogen (secondary N) is 1. The number of ether oxygens (including phenoxy) is 1. The molecule has 65 valence electrons. The zero-order valence-electron chi connectivity index (χ0n) is 7.10. The van der Waals surface area contributed by atoms with E-state index in [0.717, 1.165) is 32.7 Å². The Kier molecular flexibility index (Phi) is 3.30. The lowest BCUT2D eigenvalue weighted by Gasteiger charge is -2.11. The first-order valence-corrected chi connectivity index (χ1v) is 4.10. The molecule has 0 aromatic heterocycles. The van der Waals surface area contributed by atoms with Gasteiger partial charge in [-0.2, -0.15) is 0 Å². The Morgan fingerprint density at radius 1 is 1.55 bits per heavy atom. The highest BCUT2D eigenvalue weighted by Gasteiger charge is 2.23. The van der Waals surface area contributed by atoms with Crippen LogP contribution in [-0.4, -0.2) is 31.8 Å². The van der Waals surface area contributed by atoms with Crippen LogP contribution < -0.4 is 11.1 Å². The maximum Gasteiger partial charge on any atom is 0.0644 e. The quantitative estimate of drug-likeness (QED) is 0.517. The molecule has 2 saturated heterocycles. The molecule has 0 bridgehead atoms. The maximum atomic E-state index is 5.65. The fourth-order valence-corrected chi connectivity index (χ4v) is 0.827. The summed E-state index contributed by atoms with van der Waals surface area (Å²) in [6.07, 6.45) is 3.20. The standard InChI is InChI=1S/C5H11NO.C3H6N/c1-5(6)2-3-7-4-5;1-2-4-3-1/h2-4,6H2,1H3;1,4H,2-3H2. The van der Waals surface area contributed by atoms with Gasteiger partial charge in [-0.05, 0) is 32.9 Å². The largest absolute Gasteiger partial charge is 0.379 e. The van der Waals surface area contributed by atoms with E-state index in [9.17, 15) is 0 Å². The van der Waals surface area contributed by atoms with Crippen LogP contribution in [0.3, 0.4) is 0 Å². The predicted molar refractivity (Wildman–Crippen MR) is 45.2 cm³/mol. The first kappa shape index (κ1) is 8.97. The van der Waals surface area contributed by atoms with E-state index in [-0.39, 0.29) is 5.54 Å². The van der Waals surface area contributed by atoms with Crippen LogP contribution in [0.1, 0.15) is 13.3 Å². The van der Waals surface area contributed by atoms with Gasteiger partial charge in [0.15, 0.2) is 0 Å². The third-order valence-corrected chi connectivity index (χ3v) is 1.83. The molecule has 3 nitrogen and oxygen atoms in total. The summed E-state index contributed by atoms with van der Waals surface area (Å²) < 4.78 is 5.03. The third kappa shape index (κ3) is 3.70. The van der Waals surface area contributed by atoms with Crippen molar-refractivity contribution in [3.63, 3.8) is 0 Å². The van der Waals surface area contributed by atoms with Gasteiger partial charge in [-0.25, -0.2) is 0 Å². The van der Waals surface area contributed by atoms with Gasteiger partial charge < -0.3 is 15.8 Å². The van der Waals surface area contributed by atoms with E-state index in [4.69, 9.17) is 10.5 Å². The topological polar surface area (TPSA) is 47.3 Å². The average molecular weight is 157 g/mol. The number of hydrogen-bond acceptors (Lipinski definition) is 3. The van der Waals surface area contributed by atoms with Gasteiger partial charge >= 0.3 is 0 Å². The molecular formula is C8H17N2O. The van der Waals surface area contributed by atoms with Crippen molar-refractivity contribution in [3.05, 3.63) is 6.42 Å². The Balaban J connectivity index is 0.000000128. The van der Waals surface area contributed by atoms with E-state index >= 15 is 0 Å². The van der Waals surface area contributed by atoms with Crippen molar-refractivity contribution in [1.82, 2.24) is 5.32 Å². The first-order valence-electron chi connectivity index (χ1n) is 4.10. The maximum absolute atomic E-state index is 5.65. The molecule has 2 heterocycles. The predicted octanol–water partition coefficient (Wildman–Crippen LogP) is -0.0820. The smallest absolute Gasteiger partial charge is 0.0644 e. The summed E-state index contributed by atoms with van der Waals surface area (Å²) in [5.74, 6) is 0. The lowest BCUT2D eigenvalue weighted by Crippen LogP contribution is -2.35. The molecule has 11 heavy (non-hydrogen) atoms. The lowest BCUT2D eigenvalue weighted by atomic mass is 10.0. The second-order valence-electron chi connectivity index (χ2n) is 3.40. The van der Waals surface area contributed by atoms with Crippen LogP contribution in [0.5, 0.6) is 0 Å². The monoisotopic (exact) mass is 157 g/mol. The summed E-state index contributed by atoms with van der Waals surface area (Å²) in [5, 5.41) is 3.06. The van der Waals surface area contributed by atoms with Crippen molar-refractivity contribution < 1.29 is 4.74 Å². The van der Waals surface area contributed by atoms with Crippen LogP contribution in [0.15, 0.2) is 0 Å². The van der Waals surface area contributed by atoms with Crippen LogP contribution in [0.2, 0.25) is 0 Å². The molecule has 0 aliphatic carbocycles. The Bertz CT molecular complexity index is 98.7. The molecule has 0 amide bonds. The minimum atomic E-state index is -0.0278. The number of nitrogens with two attached hydrogens (primary N) is 1. The van der Waals surface area contributed by atoms with Crippen LogP contribution in [0.4, 0.5) is 0 Å². The molecular weight excluding hydrogens is 140 g/mol. The van der Waals surface area contributed by atoms with Crippen LogP contribution in [0, 0.1) is 6.42 Å². The lowest BCUT2D eigenvalue weighted by molar-refractivity contribution is 0.182. The van der Waals surface area contributed by atoms with E-state index < -0.39 is 0 Å². The third-order valence-electron chi connectivity index (χ3n) is 1.83. The highest BCUT2D eigenvalue weighted by molar-refractivity contribution is 4.81. The second-order valence-corrected chi connectivity index (χ2v) is 3.40. The SMILES string of the molecule is CC1(N)CCOC1.[CH]1CNC1. The van der Waals surface area contributed by atoms with Gasteiger partial charge in [-0.1, -0.05) is 0 Å². The van der Waals surface area contributed by atoms with Crippen molar-refractivity contribution >= 4 is 0 Å². The van der Waals surface area contributed by atoms with Crippen LogP contribution in [-0.2, 0) is 4.74 Å². The van der Waals surface area contributed by atoms with E-state index in [1.165, 1.54) is 0 Å². The summed E-state index contributed by atoms with van der Waals surface area (Å²) in [7, 11) is 0. The molecule has 0 spiro atoms. The Morgan fingerprint density at radius 3 is 2.18 bits per heavy atom. The van der Waals surface area contributed by atoms with E-state index in [1.807, 2.05) is 6.92 Å². The number of rotatable bonds is 0. The summed E-state index contributed by atoms with van der Waals surface area (Å²) in [6.45, 7) is 5.83. The first-order chi connectivity index (χ1) is 5.21. The van der Waals surface area contributed by atoms with Crippen molar-refractivity contribution in [2.75, 3.05) is 26.3 Å². The minimum Gasteiger partial charge on any atom is -0.379 e. The zero-order valence-corrected chi connectivity index (χ0v) is 7.10. The minimum absolute atomic E-state index is 0.0278. The van der Waals surface area contributed by atoms with Crippen molar-refractivity contribution in [2.24, 2.45) is 5.73 Å². The highest BCUT2D eigenvalue weighted by Crippen LogP contribution is 2.12. The van der Waals surface area contributed by atoms with Gasteiger partial charge in [0.05, 0.1) is 6.61 Å². The van der Waals surface area contributed by atoms with Gasteiger partial charge in [-0.15, -0.1) is 0 Å². The highest BCUT2D eigenvalue weighted by atomic mass is 16.5. The van der Waals surface area contributed by atoms with E-state index in [2.05, 4.69) is 11.7 Å². The second kappa shape index (κ2) is 4.04. The molecule has 2 fully saturated rings. The van der Waals surface area contributed by atoms with Crippen LogP contribution in [0.25, 0.3) is 0 Å². The summed E-state index contributed by atoms with van der Waals surface area (Å²) >= 11 is 0. The molecule has 1 unspecified atom stereocenters. The fourth-order valence-electron chi connectivity index (χ4n) is 0.827. The van der Waals surface area contributed by atoms with Gasteiger partial charge in [-0.3, -0.25) is 0 Å². The molecule has 3 heteroatoms. The Hall–Kier alpha value is -0.120. The molecule has 0 saturated carbocycles. The normalized spacial score (nSPS) is 35.5. The van der Waals surface area contributed by atoms with E-state index in [1.54, 1.807) is 0 Å². The van der Waals surface area contributed by atoms with E-state index in [0.29, 0.717) is 0 Å². The number of hydrogen-bond donors (Lipinski definition) is 2. The van der Waals surface area contributed by atoms with Crippen LogP contribution >= 0.6 is 0 Å².